The highest BCUT2D eigenvalue weighted by Gasteiger charge is 2.32. The number of morpholine rings is 1. The molecule has 3 heterocycles. The Bertz CT molecular complexity index is 703. The lowest BCUT2D eigenvalue weighted by atomic mass is 10.2. The molecule has 2 fully saturated rings. The summed E-state index contributed by atoms with van der Waals surface area (Å²) >= 11 is 0. The molecule has 132 valence electrons. The van der Waals surface area contributed by atoms with Gasteiger partial charge in [0.2, 0.25) is 0 Å². The zero-order valence-corrected chi connectivity index (χ0v) is 14.5. The minimum Gasteiger partial charge on any atom is -0.378 e. The van der Waals surface area contributed by atoms with Gasteiger partial charge in [0.25, 0.3) is 5.91 Å². The van der Waals surface area contributed by atoms with Crippen molar-refractivity contribution in [3.63, 3.8) is 0 Å². The summed E-state index contributed by atoms with van der Waals surface area (Å²) in [5, 5.41) is 0. The number of nitrogens with zero attached hydrogens (tertiary/aromatic N) is 4. The summed E-state index contributed by atoms with van der Waals surface area (Å²) in [6.07, 6.45) is 1.96. The second-order valence-corrected chi connectivity index (χ2v) is 8.24. The molecule has 0 radical (unpaired) electrons. The van der Waals surface area contributed by atoms with E-state index in [4.69, 9.17) is 4.74 Å². The van der Waals surface area contributed by atoms with E-state index in [0.29, 0.717) is 50.8 Å². The van der Waals surface area contributed by atoms with Gasteiger partial charge in [0.15, 0.2) is 9.84 Å². The summed E-state index contributed by atoms with van der Waals surface area (Å²) in [6, 6.07) is 1.56. The predicted molar refractivity (Wildman–Crippen MR) is 88.8 cm³/mol. The van der Waals surface area contributed by atoms with Crippen LogP contribution in [0.5, 0.6) is 0 Å². The monoisotopic (exact) mass is 354 g/mol. The fourth-order valence-electron chi connectivity index (χ4n) is 3.18. The Morgan fingerprint density at radius 2 is 2.12 bits per heavy atom. The number of sulfone groups is 1. The van der Waals surface area contributed by atoms with Gasteiger partial charge in [-0.3, -0.25) is 4.79 Å². The van der Waals surface area contributed by atoms with Crippen molar-refractivity contribution in [3.05, 3.63) is 18.1 Å². The molecule has 0 N–H and O–H groups in total. The SMILES string of the molecule is CCN(c1cc(C(=O)N2CCOCC2)ncn1)C1CCS(=O)(=O)C1. The van der Waals surface area contributed by atoms with Gasteiger partial charge in [-0.15, -0.1) is 0 Å². The third-order valence-corrected chi connectivity index (χ3v) is 6.20. The number of carbonyl (C=O) groups excluding carboxylic acids is 1. The molecule has 0 aliphatic carbocycles. The fourth-order valence-corrected chi connectivity index (χ4v) is 4.91. The van der Waals surface area contributed by atoms with Crippen molar-refractivity contribution in [3.8, 4) is 0 Å². The summed E-state index contributed by atoms with van der Waals surface area (Å²) < 4.78 is 28.7. The minimum atomic E-state index is -2.98. The van der Waals surface area contributed by atoms with E-state index in [2.05, 4.69) is 9.97 Å². The normalized spacial score (nSPS) is 23.2. The van der Waals surface area contributed by atoms with E-state index in [1.165, 1.54) is 6.33 Å². The molecule has 2 aliphatic rings. The summed E-state index contributed by atoms with van der Waals surface area (Å²) in [4.78, 5) is 24.6. The van der Waals surface area contributed by atoms with E-state index in [-0.39, 0.29) is 23.5 Å². The smallest absolute Gasteiger partial charge is 0.272 e. The van der Waals surface area contributed by atoms with Crippen molar-refractivity contribution in [2.45, 2.75) is 19.4 Å². The lowest BCUT2D eigenvalue weighted by molar-refractivity contribution is 0.0299. The van der Waals surface area contributed by atoms with E-state index >= 15 is 0 Å². The molecule has 1 aromatic rings. The van der Waals surface area contributed by atoms with Crippen LogP contribution in [0.1, 0.15) is 23.8 Å². The quantitative estimate of drug-likeness (QED) is 0.749. The van der Waals surface area contributed by atoms with Crippen LogP contribution >= 0.6 is 0 Å². The second kappa shape index (κ2) is 7.02. The van der Waals surface area contributed by atoms with Crippen LogP contribution in [-0.2, 0) is 14.6 Å². The first kappa shape index (κ1) is 17.1. The topological polar surface area (TPSA) is 92.7 Å². The Balaban J connectivity index is 1.79. The van der Waals surface area contributed by atoms with Crippen LogP contribution in [0.2, 0.25) is 0 Å². The van der Waals surface area contributed by atoms with Crippen molar-refractivity contribution in [1.29, 1.82) is 0 Å². The van der Waals surface area contributed by atoms with E-state index < -0.39 is 9.84 Å². The van der Waals surface area contributed by atoms with Crippen LogP contribution in [0, 0.1) is 0 Å². The van der Waals surface area contributed by atoms with Crippen LogP contribution in [0.4, 0.5) is 5.82 Å². The number of rotatable bonds is 4. The number of ether oxygens (including phenoxy) is 1. The first-order valence-corrected chi connectivity index (χ1v) is 9.98. The largest absolute Gasteiger partial charge is 0.378 e. The molecule has 2 saturated heterocycles. The molecule has 1 atom stereocenters. The number of hydrogen-bond acceptors (Lipinski definition) is 7. The molecular weight excluding hydrogens is 332 g/mol. The molecule has 1 aromatic heterocycles. The molecule has 1 unspecified atom stereocenters. The molecule has 2 aliphatic heterocycles. The highest BCUT2D eigenvalue weighted by atomic mass is 32.2. The lowest BCUT2D eigenvalue weighted by Gasteiger charge is -2.29. The molecular formula is C15H22N4O4S. The average molecular weight is 354 g/mol. The summed E-state index contributed by atoms with van der Waals surface area (Å²) in [5.74, 6) is 0.805. The maximum absolute atomic E-state index is 12.6. The predicted octanol–water partition coefficient (Wildman–Crippen LogP) is -0.0376. The number of anilines is 1. The summed E-state index contributed by atoms with van der Waals surface area (Å²) in [6.45, 7) is 4.75. The Hall–Kier alpha value is -1.74. The molecule has 0 bridgehead atoms. The standard InChI is InChI=1S/C15H22N4O4S/c1-2-19(12-3-8-24(21,22)10-12)14-9-13(16-11-17-14)15(20)18-4-6-23-7-5-18/h9,11-12H,2-8,10H2,1H3. The van der Waals surface area contributed by atoms with Gasteiger partial charge in [0.1, 0.15) is 17.8 Å². The van der Waals surface area contributed by atoms with E-state index in [1.807, 2.05) is 11.8 Å². The van der Waals surface area contributed by atoms with Gasteiger partial charge in [0, 0.05) is 31.7 Å². The maximum atomic E-state index is 12.6. The molecule has 24 heavy (non-hydrogen) atoms. The van der Waals surface area contributed by atoms with Gasteiger partial charge in [-0.05, 0) is 13.3 Å². The molecule has 8 nitrogen and oxygen atoms in total. The molecule has 0 aromatic carbocycles. The van der Waals surface area contributed by atoms with Gasteiger partial charge >= 0.3 is 0 Å². The number of hydrogen-bond donors (Lipinski definition) is 0. The van der Waals surface area contributed by atoms with Gasteiger partial charge in [-0.1, -0.05) is 0 Å². The van der Waals surface area contributed by atoms with E-state index in [0.717, 1.165) is 0 Å². The minimum absolute atomic E-state index is 0.0961. The Morgan fingerprint density at radius 3 is 2.75 bits per heavy atom. The Morgan fingerprint density at radius 1 is 1.38 bits per heavy atom. The van der Waals surface area contributed by atoms with Gasteiger partial charge in [-0.25, -0.2) is 18.4 Å². The molecule has 1 amide bonds. The van der Waals surface area contributed by atoms with Crippen LogP contribution in [-0.4, -0.2) is 79.6 Å². The maximum Gasteiger partial charge on any atom is 0.272 e. The van der Waals surface area contributed by atoms with E-state index in [9.17, 15) is 13.2 Å². The van der Waals surface area contributed by atoms with Gasteiger partial charge in [-0.2, -0.15) is 0 Å². The van der Waals surface area contributed by atoms with Crippen molar-refractivity contribution in [2.75, 3.05) is 49.3 Å². The zero-order valence-electron chi connectivity index (χ0n) is 13.7. The van der Waals surface area contributed by atoms with Gasteiger partial charge < -0.3 is 14.5 Å². The Kier molecular flexibility index (Phi) is 5.00. The van der Waals surface area contributed by atoms with Crippen LogP contribution in [0.15, 0.2) is 12.4 Å². The third kappa shape index (κ3) is 3.67. The van der Waals surface area contributed by atoms with E-state index in [1.54, 1.807) is 11.0 Å². The number of carbonyl (C=O) groups is 1. The van der Waals surface area contributed by atoms with Crippen LogP contribution < -0.4 is 4.90 Å². The fraction of sp³-hybridized carbons (Fsp3) is 0.667. The number of amides is 1. The molecule has 0 spiro atoms. The Labute approximate surface area is 141 Å². The molecule has 3 rings (SSSR count). The molecule has 9 heteroatoms. The molecule has 0 saturated carbocycles. The zero-order chi connectivity index (χ0) is 17.2. The third-order valence-electron chi connectivity index (χ3n) is 4.45. The highest BCUT2D eigenvalue weighted by molar-refractivity contribution is 7.91. The lowest BCUT2D eigenvalue weighted by Crippen LogP contribution is -2.41. The summed E-state index contributed by atoms with van der Waals surface area (Å²) in [5.41, 5.74) is 0.334. The van der Waals surface area contributed by atoms with Crippen LogP contribution in [0.3, 0.4) is 0 Å². The summed E-state index contributed by atoms with van der Waals surface area (Å²) in [7, 11) is -2.98. The highest BCUT2D eigenvalue weighted by Crippen LogP contribution is 2.23. The second-order valence-electron chi connectivity index (χ2n) is 6.01. The van der Waals surface area contributed by atoms with Crippen molar-refractivity contribution >= 4 is 21.6 Å². The van der Waals surface area contributed by atoms with Crippen LogP contribution in [0.25, 0.3) is 0 Å². The van der Waals surface area contributed by atoms with Crippen molar-refractivity contribution in [2.24, 2.45) is 0 Å². The number of aromatic nitrogens is 2. The van der Waals surface area contributed by atoms with Gasteiger partial charge in [0.05, 0.1) is 24.7 Å². The van der Waals surface area contributed by atoms with Crippen molar-refractivity contribution < 1.29 is 17.9 Å². The average Bonchev–Trinajstić information content (AvgIpc) is 2.95. The first-order valence-electron chi connectivity index (χ1n) is 8.16. The van der Waals surface area contributed by atoms with Crippen molar-refractivity contribution in [1.82, 2.24) is 14.9 Å². The first-order chi connectivity index (χ1) is 11.5.